The Kier molecular flexibility index (Phi) is 5.68. The van der Waals surface area contributed by atoms with Crippen LogP contribution in [-0.4, -0.2) is 18.0 Å². The topological polar surface area (TPSA) is 55.1 Å². The monoisotopic (exact) mass is 266 g/mol. The number of carbonyl (C=O) groups is 1. The van der Waals surface area contributed by atoms with Gasteiger partial charge in [-0.15, -0.1) is 0 Å². The van der Waals surface area contributed by atoms with Crippen LogP contribution in [0.5, 0.6) is 0 Å². The van der Waals surface area contributed by atoms with E-state index in [1.54, 1.807) is 0 Å². The van der Waals surface area contributed by atoms with E-state index in [4.69, 9.17) is 5.73 Å². The second kappa shape index (κ2) is 7.28. The Morgan fingerprint density at radius 1 is 1.16 bits per heavy atom. The SMILES string of the molecule is CC1CCCC(NC(=O)C(N)CC2CCCCC2)C1. The predicted octanol–water partition coefficient (Wildman–Crippen LogP) is 2.98. The summed E-state index contributed by atoms with van der Waals surface area (Å²) in [6.07, 6.45) is 12.2. The highest BCUT2D eigenvalue weighted by atomic mass is 16.2. The molecule has 0 bridgehead atoms. The summed E-state index contributed by atoms with van der Waals surface area (Å²) in [4.78, 5) is 12.2. The van der Waals surface area contributed by atoms with E-state index < -0.39 is 0 Å². The van der Waals surface area contributed by atoms with Crippen molar-refractivity contribution in [1.29, 1.82) is 0 Å². The molecular weight excluding hydrogens is 236 g/mol. The maximum absolute atomic E-state index is 12.2. The third-order valence-electron chi connectivity index (χ3n) is 4.93. The van der Waals surface area contributed by atoms with Gasteiger partial charge in [0, 0.05) is 6.04 Å². The maximum atomic E-state index is 12.2. The fourth-order valence-electron chi connectivity index (χ4n) is 3.76. The highest BCUT2D eigenvalue weighted by Crippen LogP contribution is 2.27. The molecule has 3 N–H and O–H groups in total. The Morgan fingerprint density at radius 2 is 1.89 bits per heavy atom. The average Bonchev–Trinajstić information content (AvgIpc) is 2.40. The predicted molar refractivity (Wildman–Crippen MR) is 78.7 cm³/mol. The molecular formula is C16H30N2O. The second-order valence-corrected chi connectivity index (χ2v) is 6.82. The Labute approximate surface area is 117 Å². The zero-order valence-corrected chi connectivity index (χ0v) is 12.4. The Bertz CT molecular complexity index is 286. The molecule has 0 aromatic rings. The van der Waals surface area contributed by atoms with E-state index in [0.29, 0.717) is 12.0 Å². The van der Waals surface area contributed by atoms with Gasteiger partial charge >= 0.3 is 0 Å². The number of carbonyl (C=O) groups excluding carboxylic acids is 1. The summed E-state index contributed by atoms with van der Waals surface area (Å²) in [6, 6.07) is 0.0778. The molecule has 3 nitrogen and oxygen atoms in total. The summed E-state index contributed by atoms with van der Waals surface area (Å²) < 4.78 is 0. The van der Waals surface area contributed by atoms with Crippen LogP contribution in [-0.2, 0) is 4.79 Å². The fraction of sp³-hybridized carbons (Fsp3) is 0.938. The van der Waals surface area contributed by atoms with E-state index in [-0.39, 0.29) is 11.9 Å². The van der Waals surface area contributed by atoms with Gasteiger partial charge in [-0.2, -0.15) is 0 Å². The lowest BCUT2D eigenvalue weighted by Gasteiger charge is -2.29. The lowest BCUT2D eigenvalue weighted by atomic mass is 9.84. The molecule has 0 aromatic heterocycles. The van der Waals surface area contributed by atoms with E-state index in [0.717, 1.165) is 25.2 Å². The third-order valence-corrected chi connectivity index (χ3v) is 4.93. The number of hydrogen-bond acceptors (Lipinski definition) is 2. The van der Waals surface area contributed by atoms with Gasteiger partial charge in [-0.1, -0.05) is 51.9 Å². The van der Waals surface area contributed by atoms with Crippen LogP contribution in [0.3, 0.4) is 0 Å². The molecule has 2 aliphatic carbocycles. The van der Waals surface area contributed by atoms with Crippen LogP contribution in [0.15, 0.2) is 0 Å². The second-order valence-electron chi connectivity index (χ2n) is 6.82. The highest BCUT2D eigenvalue weighted by Gasteiger charge is 2.25. The van der Waals surface area contributed by atoms with Gasteiger partial charge in [0.15, 0.2) is 0 Å². The van der Waals surface area contributed by atoms with Gasteiger partial charge in [0.1, 0.15) is 0 Å². The van der Waals surface area contributed by atoms with E-state index in [1.807, 2.05) is 0 Å². The minimum absolute atomic E-state index is 0.0877. The van der Waals surface area contributed by atoms with Crippen molar-refractivity contribution in [2.45, 2.75) is 83.2 Å². The van der Waals surface area contributed by atoms with Crippen LogP contribution in [0.1, 0.15) is 71.1 Å². The molecule has 2 saturated carbocycles. The molecule has 0 radical (unpaired) electrons. The maximum Gasteiger partial charge on any atom is 0.237 e. The lowest BCUT2D eigenvalue weighted by molar-refractivity contribution is -0.123. The first kappa shape index (κ1) is 14.8. The number of nitrogens with two attached hydrogens (primary N) is 1. The van der Waals surface area contributed by atoms with E-state index >= 15 is 0 Å². The summed E-state index contributed by atoms with van der Waals surface area (Å²) in [7, 11) is 0. The van der Waals surface area contributed by atoms with Crippen molar-refractivity contribution in [2.75, 3.05) is 0 Å². The van der Waals surface area contributed by atoms with Crippen LogP contribution in [0, 0.1) is 11.8 Å². The highest BCUT2D eigenvalue weighted by molar-refractivity contribution is 5.81. The molecule has 2 aliphatic rings. The molecule has 3 atom stereocenters. The molecule has 2 rings (SSSR count). The Morgan fingerprint density at radius 3 is 2.58 bits per heavy atom. The molecule has 1 amide bonds. The van der Waals surface area contributed by atoms with Crippen molar-refractivity contribution in [3.63, 3.8) is 0 Å². The molecule has 19 heavy (non-hydrogen) atoms. The number of rotatable bonds is 4. The Balaban J connectivity index is 1.72. The van der Waals surface area contributed by atoms with Gasteiger partial charge in [-0.25, -0.2) is 0 Å². The van der Waals surface area contributed by atoms with Gasteiger partial charge in [0.05, 0.1) is 6.04 Å². The first-order valence-electron chi connectivity index (χ1n) is 8.21. The fourth-order valence-corrected chi connectivity index (χ4v) is 3.76. The van der Waals surface area contributed by atoms with Gasteiger partial charge in [0.2, 0.25) is 5.91 Å². The third kappa shape index (κ3) is 4.79. The summed E-state index contributed by atoms with van der Waals surface area (Å²) in [5.41, 5.74) is 6.09. The smallest absolute Gasteiger partial charge is 0.237 e. The largest absolute Gasteiger partial charge is 0.352 e. The molecule has 0 aromatic carbocycles. The Hall–Kier alpha value is -0.570. The molecule has 3 heteroatoms. The van der Waals surface area contributed by atoms with Gasteiger partial charge < -0.3 is 11.1 Å². The van der Waals surface area contributed by atoms with Gasteiger partial charge in [0.25, 0.3) is 0 Å². The molecule has 3 unspecified atom stereocenters. The minimum Gasteiger partial charge on any atom is -0.352 e. The normalized spacial score (nSPS) is 30.8. The first-order chi connectivity index (χ1) is 9.15. The average molecular weight is 266 g/mol. The molecule has 0 spiro atoms. The quantitative estimate of drug-likeness (QED) is 0.822. The summed E-state index contributed by atoms with van der Waals surface area (Å²) in [6.45, 7) is 2.28. The van der Waals surface area contributed by atoms with Gasteiger partial charge in [-0.05, 0) is 31.1 Å². The van der Waals surface area contributed by atoms with Crippen molar-refractivity contribution in [2.24, 2.45) is 17.6 Å². The molecule has 0 saturated heterocycles. The molecule has 0 aliphatic heterocycles. The van der Waals surface area contributed by atoms with E-state index in [1.165, 1.54) is 44.9 Å². The van der Waals surface area contributed by atoms with Crippen molar-refractivity contribution in [3.05, 3.63) is 0 Å². The summed E-state index contributed by atoms with van der Waals surface area (Å²) in [5.74, 6) is 1.51. The zero-order valence-electron chi connectivity index (χ0n) is 12.4. The van der Waals surface area contributed by atoms with Crippen molar-refractivity contribution >= 4 is 5.91 Å². The van der Waals surface area contributed by atoms with Crippen LogP contribution in [0.2, 0.25) is 0 Å². The van der Waals surface area contributed by atoms with E-state index in [9.17, 15) is 4.79 Å². The molecule has 110 valence electrons. The van der Waals surface area contributed by atoms with Crippen molar-refractivity contribution in [1.82, 2.24) is 5.32 Å². The van der Waals surface area contributed by atoms with Crippen LogP contribution in [0.4, 0.5) is 0 Å². The number of hydrogen-bond donors (Lipinski definition) is 2. The number of amides is 1. The van der Waals surface area contributed by atoms with E-state index in [2.05, 4.69) is 12.2 Å². The first-order valence-corrected chi connectivity index (χ1v) is 8.21. The van der Waals surface area contributed by atoms with Crippen LogP contribution >= 0.6 is 0 Å². The minimum atomic E-state index is -0.291. The lowest BCUT2D eigenvalue weighted by Crippen LogP contribution is -2.47. The number of nitrogens with one attached hydrogen (secondary N) is 1. The van der Waals surface area contributed by atoms with Crippen LogP contribution < -0.4 is 11.1 Å². The molecule has 0 heterocycles. The standard InChI is InChI=1S/C16H30N2O/c1-12-6-5-9-14(10-12)18-16(19)15(17)11-13-7-3-2-4-8-13/h12-15H,2-11,17H2,1H3,(H,18,19). The summed E-state index contributed by atoms with van der Waals surface area (Å²) >= 11 is 0. The van der Waals surface area contributed by atoms with Crippen LogP contribution in [0.25, 0.3) is 0 Å². The van der Waals surface area contributed by atoms with Gasteiger partial charge in [-0.3, -0.25) is 4.79 Å². The summed E-state index contributed by atoms with van der Waals surface area (Å²) in [5, 5.41) is 3.17. The zero-order chi connectivity index (χ0) is 13.7. The van der Waals surface area contributed by atoms with Crippen molar-refractivity contribution in [3.8, 4) is 0 Å². The molecule has 2 fully saturated rings. The van der Waals surface area contributed by atoms with Crippen molar-refractivity contribution < 1.29 is 4.79 Å².